The minimum Gasteiger partial charge on any atom is -0.309 e. The fraction of sp³-hybridized carbons (Fsp3) is 0.278. The Morgan fingerprint density at radius 1 is 1.00 bits per heavy atom. The van der Waals surface area contributed by atoms with Crippen molar-refractivity contribution in [2.24, 2.45) is 0 Å². The van der Waals surface area contributed by atoms with Gasteiger partial charge in [0.25, 0.3) is 0 Å². The summed E-state index contributed by atoms with van der Waals surface area (Å²) in [5.74, 6) is 0. The SMILES string of the molecule is CNC(c1cc(C)c(C)cc1C)c1cnn2ccccc12. The number of nitrogens with one attached hydrogen (secondary N) is 1. The minimum atomic E-state index is 0.157. The van der Waals surface area contributed by atoms with E-state index in [0.717, 1.165) is 5.52 Å². The molecule has 2 heterocycles. The first-order valence-electron chi connectivity index (χ1n) is 7.29. The van der Waals surface area contributed by atoms with E-state index in [2.05, 4.69) is 55.5 Å². The summed E-state index contributed by atoms with van der Waals surface area (Å²) in [5.41, 5.74) is 7.66. The van der Waals surface area contributed by atoms with Crippen molar-refractivity contribution in [3.05, 3.63) is 70.5 Å². The molecule has 0 aliphatic rings. The molecule has 1 atom stereocenters. The number of hydrogen-bond donors (Lipinski definition) is 1. The van der Waals surface area contributed by atoms with Gasteiger partial charge in [-0.2, -0.15) is 5.10 Å². The van der Waals surface area contributed by atoms with Gasteiger partial charge in [-0.15, -0.1) is 0 Å². The van der Waals surface area contributed by atoms with Crippen LogP contribution in [0.1, 0.15) is 33.9 Å². The van der Waals surface area contributed by atoms with Crippen molar-refractivity contribution in [1.29, 1.82) is 0 Å². The lowest BCUT2D eigenvalue weighted by molar-refractivity contribution is 0.691. The van der Waals surface area contributed by atoms with E-state index in [1.165, 1.54) is 27.8 Å². The van der Waals surface area contributed by atoms with Crippen molar-refractivity contribution in [3.63, 3.8) is 0 Å². The Kier molecular flexibility index (Phi) is 3.52. The molecular formula is C18H21N3. The molecular weight excluding hydrogens is 258 g/mol. The lowest BCUT2D eigenvalue weighted by atomic mass is 9.92. The summed E-state index contributed by atoms with van der Waals surface area (Å²) < 4.78 is 1.93. The van der Waals surface area contributed by atoms with Gasteiger partial charge in [-0.1, -0.05) is 18.2 Å². The average Bonchev–Trinajstić information content (AvgIpc) is 2.89. The Morgan fingerprint density at radius 3 is 2.52 bits per heavy atom. The summed E-state index contributed by atoms with van der Waals surface area (Å²) >= 11 is 0. The number of benzene rings is 1. The molecule has 0 saturated carbocycles. The van der Waals surface area contributed by atoms with E-state index in [0.29, 0.717) is 0 Å². The van der Waals surface area contributed by atoms with E-state index in [1.54, 1.807) is 0 Å². The fourth-order valence-corrected chi connectivity index (χ4v) is 2.95. The van der Waals surface area contributed by atoms with Crippen LogP contribution in [0.3, 0.4) is 0 Å². The molecule has 0 radical (unpaired) electrons. The van der Waals surface area contributed by atoms with Gasteiger partial charge in [-0.25, -0.2) is 4.52 Å². The van der Waals surface area contributed by atoms with Crippen molar-refractivity contribution >= 4 is 5.52 Å². The molecule has 108 valence electrons. The summed E-state index contributed by atoms with van der Waals surface area (Å²) in [6.45, 7) is 6.51. The molecule has 0 saturated heterocycles. The highest BCUT2D eigenvalue weighted by Crippen LogP contribution is 2.29. The molecule has 0 fully saturated rings. The second-order valence-electron chi connectivity index (χ2n) is 5.65. The third-order valence-corrected chi connectivity index (χ3v) is 4.25. The van der Waals surface area contributed by atoms with Crippen LogP contribution in [-0.2, 0) is 0 Å². The largest absolute Gasteiger partial charge is 0.309 e. The number of pyridine rings is 1. The van der Waals surface area contributed by atoms with Gasteiger partial charge in [-0.05, 0) is 62.2 Å². The molecule has 0 aliphatic heterocycles. The van der Waals surface area contributed by atoms with Crippen molar-refractivity contribution < 1.29 is 0 Å². The molecule has 1 N–H and O–H groups in total. The van der Waals surface area contributed by atoms with Crippen LogP contribution < -0.4 is 5.32 Å². The van der Waals surface area contributed by atoms with Crippen LogP contribution in [0.5, 0.6) is 0 Å². The number of aromatic nitrogens is 2. The summed E-state index contributed by atoms with van der Waals surface area (Å²) in [7, 11) is 2.01. The third-order valence-electron chi connectivity index (χ3n) is 4.25. The van der Waals surface area contributed by atoms with Gasteiger partial charge in [0.15, 0.2) is 0 Å². The van der Waals surface area contributed by atoms with Gasteiger partial charge >= 0.3 is 0 Å². The van der Waals surface area contributed by atoms with Gasteiger partial charge in [0, 0.05) is 11.8 Å². The second-order valence-corrected chi connectivity index (χ2v) is 5.65. The van der Waals surface area contributed by atoms with Crippen molar-refractivity contribution in [2.75, 3.05) is 7.05 Å². The summed E-state index contributed by atoms with van der Waals surface area (Å²) in [5, 5.41) is 7.91. The summed E-state index contributed by atoms with van der Waals surface area (Å²) in [4.78, 5) is 0. The molecule has 1 unspecified atom stereocenters. The van der Waals surface area contributed by atoms with Crippen LogP contribution in [0.4, 0.5) is 0 Å². The van der Waals surface area contributed by atoms with Crippen LogP contribution in [0.15, 0.2) is 42.7 Å². The quantitative estimate of drug-likeness (QED) is 0.794. The third kappa shape index (κ3) is 2.34. The fourth-order valence-electron chi connectivity index (χ4n) is 2.95. The monoisotopic (exact) mass is 279 g/mol. The molecule has 2 aromatic heterocycles. The van der Waals surface area contributed by atoms with Gasteiger partial charge in [0.05, 0.1) is 17.8 Å². The van der Waals surface area contributed by atoms with E-state index < -0.39 is 0 Å². The average molecular weight is 279 g/mol. The van der Waals surface area contributed by atoms with E-state index in [1.807, 2.05) is 30.0 Å². The molecule has 0 spiro atoms. The predicted octanol–water partition coefficient (Wildman–Crippen LogP) is 3.57. The maximum atomic E-state index is 4.46. The standard InChI is InChI=1S/C18H21N3/c1-12-9-14(3)15(10-13(12)2)18(19-4)16-11-20-21-8-6-5-7-17(16)21/h5-11,18-19H,1-4H3. The van der Waals surface area contributed by atoms with Crippen molar-refractivity contribution in [3.8, 4) is 0 Å². The predicted molar refractivity (Wildman–Crippen MR) is 86.7 cm³/mol. The topological polar surface area (TPSA) is 29.3 Å². The van der Waals surface area contributed by atoms with Crippen LogP contribution in [0.2, 0.25) is 0 Å². The molecule has 3 nitrogen and oxygen atoms in total. The molecule has 0 amide bonds. The maximum Gasteiger partial charge on any atom is 0.0712 e. The number of hydrogen-bond acceptors (Lipinski definition) is 2. The second kappa shape index (κ2) is 5.34. The van der Waals surface area contributed by atoms with Crippen LogP contribution in [0, 0.1) is 20.8 Å². The lowest BCUT2D eigenvalue weighted by Gasteiger charge is -2.20. The normalized spacial score (nSPS) is 12.8. The van der Waals surface area contributed by atoms with Crippen molar-refractivity contribution in [1.82, 2.24) is 14.9 Å². The lowest BCUT2D eigenvalue weighted by Crippen LogP contribution is -2.19. The minimum absolute atomic E-state index is 0.157. The molecule has 3 rings (SSSR count). The highest BCUT2D eigenvalue weighted by atomic mass is 15.2. The number of nitrogens with zero attached hydrogens (tertiary/aromatic N) is 2. The first kappa shape index (κ1) is 13.8. The highest BCUT2D eigenvalue weighted by molar-refractivity contribution is 5.58. The van der Waals surface area contributed by atoms with Gasteiger partial charge < -0.3 is 5.32 Å². The zero-order valence-electron chi connectivity index (χ0n) is 13.0. The van der Waals surface area contributed by atoms with Gasteiger partial charge in [0.2, 0.25) is 0 Å². The molecule has 3 aromatic rings. The number of fused-ring (bicyclic) bond motifs is 1. The zero-order valence-corrected chi connectivity index (χ0v) is 13.0. The Bertz CT molecular complexity index is 786. The zero-order chi connectivity index (χ0) is 15.0. The first-order chi connectivity index (χ1) is 10.1. The maximum absolute atomic E-state index is 4.46. The Balaban J connectivity index is 2.17. The van der Waals surface area contributed by atoms with Crippen molar-refractivity contribution in [2.45, 2.75) is 26.8 Å². The van der Waals surface area contributed by atoms with Crippen LogP contribution in [0.25, 0.3) is 5.52 Å². The first-order valence-corrected chi connectivity index (χ1v) is 7.29. The van der Waals surface area contributed by atoms with E-state index in [9.17, 15) is 0 Å². The van der Waals surface area contributed by atoms with E-state index in [-0.39, 0.29) is 6.04 Å². The summed E-state index contributed by atoms with van der Waals surface area (Å²) in [6.07, 6.45) is 3.95. The highest BCUT2D eigenvalue weighted by Gasteiger charge is 2.19. The van der Waals surface area contributed by atoms with Gasteiger partial charge in [0.1, 0.15) is 0 Å². The van der Waals surface area contributed by atoms with Crippen LogP contribution >= 0.6 is 0 Å². The smallest absolute Gasteiger partial charge is 0.0712 e. The van der Waals surface area contributed by atoms with Gasteiger partial charge in [-0.3, -0.25) is 0 Å². The Hall–Kier alpha value is -2.13. The Labute approximate surface area is 125 Å². The number of aryl methyl sites for hydroxylation is 3. The van der Waals surface area contributed by atoms with E-state index >= 15 is 0 Å². The number of rotatable bonds is 3. The van der Waals surface area contributed by atoms with Crippen LogP contribution in [-0.4, -0.2) is 16.7 Å². The molecule has 1 aromatic carbocycles. The summed E-state index contributed by atoms with van der Waals surface area (Å²) in [6, 6.07) is 10.9. The molecule has 0 aliphatic carbocycles. The van der Waals surface area contributed by atoms with E-state index in [4.69, 9.17) is 0 Å². The molecule has 0 bridgehead atoms. The molecule has 3 heteroatoms. The molecule has 21 heavy (non-hydrogen) atoms. The Morgan fingerprint density at radius 2 is 1.76 bits per heavy atom.